The van der Waals surface area contributed by atoms with Gasteiger partial charge in [-0.05, 0) is 31.0 Å². The first-order chi connectivity index (χ1) is 8.36. The summed E-state index contributed by atoms with van der Waals surface area (Å²) in [6, 6.07) is 8.12. The standard InChI is InChI=1S/C14H19NO2/c1-2-17-10-4-8-15-9-7-13-12(11-16)5-3-6-14(13)15/h3,5-7,9,16H,2,4,8,10-11H2,1H3. The highest BCUT2D eigenvalue weighted by Crippen LogP contribution is 2.20. The molecule has 0 saturated heterocycles. The normalized spacial score (nSPS) is 11.2. The number of aromatic nitrogens is 1. The Kier molecular flexibility index (Phi) is 4.18. The number of hydrogen-bond acceptors (Lipinski definition) is 2. The topological polar surface area (TPSA) is 34.4 Å². The van der Waals surface area contributed by atoms with Crippen LogP contribution >= 0.6 is 0 Å². The Bertz CT molecular complexity index is 476. The van der Waals surface area contributed by atoms with Gasteiger partial charge in [-0.15, -0.1) is 0 Å². The minimum absolute atomic E-state index is 0.0975. The van der Waals surface area contributed by atoms with Gasteiger partial charge < -0.3 is 14.4 Å². The van der Waals surface area contributed by atoms with Crippen molar-refractivity contribution in [3.63, 3.8) is 0 Å². The van der Waals surface area contributed by atoms with Crippen molar-refractivity contribution in [2.75, 3.05) is 13.2 Å². The fraction of sp³-hybridized carbons (Fsp3) is 0.429. The second-order valence-corrected chi connectivity index (χ2v) is 4.07. The quantitative estimate of drug-likeness (QED) is 0.778. The fourth-order valence-corrected chi connectivity index (χ4v) is 2.10. The summed E-state index contributed by atoms with van der Waals surface area (Å²) >= 11 is 0. The minimum atomic E-state index is 0.0975. The van der Waals surface area contributed by atoms with Gasteiger partial charge in [0.25, 0.3) is 0 Å². The van der Waals surface area contributed by atoms with E-state index in [1.165, 1.54) is 5.52 Å². The Morgan fingerprint density at radius 3 is 2.94 bits per heavy atom. The first kappa shape index (κ1) is 12.1. The lowest BCUT2D eigenvalue weighted by atomic mass is 10.1. The Balaban J connectivity index is 2.13. The number of aryl methyl sites for hydroxylation is 1. The molecule has 1 heterocycles. The van der Waals surface area contributed by atoms with Crippen LogP contribution in [0.3, 0.4) is 0 Å². The van der Waals surface area contributed by atoms with E-state index in [1.54, 1.807) is 0 Å². The van der Waals surface area contributed by atoms with Gasteiger partial charge in [0.1, 0.15) is 0 Å². The zero-order chi connectivity index (χ0) is 12.1. The van der Waals surface area contributed by atoms with Crippen LogP contribution in [0.15, 0.2) is 30.5 Å². The Hall–Kier alpha value is -1.32. The molecule has 3 nitrogen and oxygen atoms in total. The molecule has 0 aliphatic heterocycles. The highest BCUT2D eigenvalue weighted by atomic mass is 16.5. The molecule has 0 saturated carbocycles. The summed E-state index contributed by atoms with van der Waals surface area (Å²) in [6.45, 7) is 4.65. The van der Waals surface area contributed by atoms with E-state index in [4.69, 9.17) is 4.74 Å². The third kappa shape index (κ3) is 2.68. The Morgan fingerprint density at radius 1 is 1.29 bits per heavy atom. The van der Waals surface area contributed by atoms with E-state index >= 15 is 0 Å². The van der Waals surface area contributed by atoms with Crippen LogP contribution in [0.1, 0.15) is 18.9 Å². The SMILES string of the molecule is CCOCCCn1ccc2c(CO)cccc21. The highest BCUT2D eigenvalue weighted by Gasteiger charge is 2.04. The van der Waals surface area contributed by atoms with E-state index in [9.17, 15) is 5.11 Å². The van der Waals surface area contributed by atoms with Crippen molar-refractivity contribution in [2.24, 2.45) is 0 Å². The summed E-state index contributed by atoms with van der Waals surface area (Å²) in [5, 5.41) is 10.4. The molecule has 3 heteroatoms. The molecule has 1 aromatic carbocycles. The summed E-state index contributed by atoms with van der Waals surface area (Å²) in [5.41, 5.74) is 2.18. The number of aliphatic hydroxyl groups excluding tert-OH is 1. The van der Waals surface area contributed by atoms with Crippen molar-refractivity contribution >= 4 is 10.9 Å². The molecule has 92 valence electrons. The van der Waals surface area contributed by atoms with E-state index in [1.807, 2.05) is 19.1 Å². The molecular formula is C14H19NO2. The second-order valence-electron chi connectivity index (χ2n) is 4.07. The van der Waals surface area contributed by atoms with Crippen LogP contribution in [0.2, 0.25) is 0 Å². The molecule has 0 fully saturated rings. The molecule has 0 spiro atoms. The molecule has 17 heavy (non-hydrogen) atoms. The number of fused-ring (bicyclic) bond motifs is 1. The van der Waals surface area contributed by atoms with Crippen molar-refractivity contribution in [2.45, 2.75) is 26.5 Å². The smallest absolute Gasteiger partial charge is 0.0688 e. The molecule has 1 N–H and O–H groups in total. The van der Waals surface area contributed by atoms with Crippen molar-refractivity contribution < 1.29 is 9.84 Å². The van der Waals surface area contributed by atoms with Crippen LogP contribution in [0.25, 0.3) is 10.9 Å². The Labute approximate surface area is 102 Å². The van der Waals surface area contributed by atoms with E-state index < -0.39 is 0 Å². The molecule has 0 bridgehead atoms. The maximum atomic E-state index is 9.26. The van der Waals surface area contributed by atoms with E-state index in [0.717, 1.165) is 37.1 Å². The number of ether oxygens (including phenoxy) is 1. The van der Waals surface area contributed by atoms with Crippen LogP contribution in [0, 0.1) is 0 Å². The van der Waals surface area contributed by atoms with Crippen molar-refractivity contribution in [3.8, 4) is 0 Å². The predicted molar refractivity (Wildman–Crippen MR) is 69.0 cm³/mol. The maximum absolute atomic E-state index is 9.26. The van der Waals surface area contributed by atoms with Crippen LogP contribution < -0.4 is 0 Å². The molecule has 2 rings (SSSR count). The third-order valence-electron chi connectivity index (χ3n) is 2.97. The number of nitrogens with zero attached hydrogens (tertiary/aromatic N) is 1. The van der Waals surface area contributed by atoms with Gasteiger partial charge in [0.15, 0.2) is 0 Å². The average Bonchev–Trinajstić information content (AvgIpc) is 2.78. The fourth-order valence-electron chi connectivity index (χ4n) is 2.10. The highest BCUT2D eigenvalue weighted by molar-refractivity contribution is 5.83. The minimum Gasteiger partial charge on any atom is -0.392 e. The third-order valence-corrected chi connectivity index (χ3v) is 2.97. The zero-order valence-corrected chi connectivity index (χ0v) is 10.2. The summed E-state index contributed by atoms with van der Waals surface area (Å²) in [7, 11) is 0. The Morgan fingerprint density at radius 2 is 2.18 bits per heavy atom. The molecule has 0 amide bonds. The molecule has 0 unspecified atom stereocenters. The van der Waals surface area contributed by atoms with Crippen molar-refractivity contribution in [1.82, 2.24) is 4.57 Å². The lowest BCUT2D eigenvalue weighted by Gasteiger charge is -2.06. The van der Waals surface area contributed by atoms with Gasteiger partial charge >= 0.3 is 0 Å². The number of benzene rings is 1. The number of aliphatic hydroxyl groups is 1. The summed E-state index contributed by atoms with van der Waals surface area (Å²) in [5.74, 6) is 0. The lowest BCUT2D eigenvalue weighted by molar-refractivity contribution is 0.142. The predicted octanol–water partition coefficient (Wildman–Crippen LogP) is 2.56. The van der Waals surface area contributed by atoms with Crippen molar-refractivity contribution in [3.05, 3.63) is 36.0 Å². The average molecular weight is 233 g/mol. The lowest BCUT2D eigenvalue weighted by Crippen LogP contribution is -2.01. The largest absolute Gasteiger partial charge is 0.392 e. The molecule has 0 aliphatic rings. The molecular weight excluding hydrogens is 214 g/mol. The van der Waals surface area contributed by atoms with Crippen LogP contribution in [-0.4, -0.2) is 22.9 Å². The van der Waals surface area contributed by atoms with Gasteiger partial charge in [-0.1, -0.05) is 12.1 Å². The summed E-state index contributed by atoms with van der Waals surface area (Å²) in [4.78, 5) is 0. The van der Waals surface area contributed by atoms with Gasteiger partial charge in [0.05, 0.1) is 6.61 Å². The van der Waals surface area contributed by atoms with Crippen LogP contribution in [0.5, 0.6) is 0 Å². The monoisotopic (exact) mass is 233 g/mol. The van der Waals surface area contributed by atoms with E-state index in [2.05, 4.69) is 22.9 Å². The number of hydrogen-bond donors (Lipinski definition) is 1. The molecule has 0 aliphatic carbocycles. The van der Waals surface area contributed by atoms with Gasteiger partial charge in [0.2, 0.25) is 0 Å². The molecule has 1 aromatic heterocycles. The van der Waals surface area contributed by atoms with Crippen LogP contribution in [-0.2, 0) is 17.9 Å². The summed E-state index contributed by atoms with van der Waals surface area (Å²) < 4.78 is 7.55. The molecule has 0 atom stereocenters. The van der Waals surface area contributed by atoms with Crippen molar-refractivity contribution in [1.29, 1.82) is 0 Å². The first-order valence-corrected chi connectivity index (χ1v) is 6.12. The van der Waals surface area contributed by atoms with Gasteiger partial charge in [-0.25, -0.2) is 0 Å². The van der Waals surface area contributed by atoms with E-state index in [0.29, 0.717) is 0 Å². The zero-order valence-electron chi connectivity index (χ0n) is 10.2. The van der Waals surface area contributed by atoms with Gasteiger partial charge in [-0.2, -0.15) is 0 Å². The van der Waals surface area contributed by atoms with E-state index in [-0.39, 0.29) is 6.61 Å². The van der Waals surface area contributed by atoms with Gasteiger partial charge in [-0.3, -0.25) is 0 Å². The molecule has 2 aromatic rings. The number of rotatable bonds is 6. The molecule has 0 radical (unpaired) electrons. The maximum Gasteiger partial charge on any atom is 0.0688 e. The first-order valence-electron chi connectivity index (χ1n) is 6.12. The summed E-state index contributed by atoms with van der Waals surface area (Å²) in [6.07, 6.45) is 3.09. The van der Waals surface area contributed by atoms with Crippen LogP contribution in [0.4, 0.5) is 0 Å². The van der Waals surface area contributed by atoms with Gasteiger partial charge in [0, 0.05) is 36.9 Å². The second kappa shape index (κ2) is 5.84.